The highest BCUT2D eigenvalue weighted by Crippen LogP contribution is 2.14. The van der Waals surface area contributed by atoms with E-state index in [1.807, 2.05) is 12.1 Å². The van der Waals surface area contributed by atoms with Crippen molar-refractivity contribution in [2.24, 2.45) is 5.41 Å². The molecule has 0 aromatic heterocycles. The van der Waals surface area contributed by atoms with Gasteiger partial charge in [0.05, 0.1) is 26.7 Å². The fraction of sp³-hybridized carbons (Fsp3) is 0.450. The Morgan fingerprint density at radius 3 is 2.17 bits per heavy atom. The first-order valence-corrected chi connectivity index (χ1v) is 8.85. The first kappa shape index (κ1) is 23.6. The summed E-state index contributed by atoms with van der Waals surface area (Å²) in [6.07, 6.45) is -0.309. The van der Waals surface area contributed by atoms with Gasteiger partial charge in [-0.3, -0.25) is 14.4 Å². The van der Waals surface area contributed by atoms with Crippen LogP contribution in [0.25, 0.3) is 0 Å². The summed E-state index contributed by atoms with van der Waals surface area (Å²) in [4.78, 5) is 48.8. The predicted molar refractivity (Wildman–Crippen MR) is 102 cm³/mol. The molecule has 156 valence electrons. The van der Waals surface area contributed by atoms with Gasteiger partial charge in [-0.05, 0) is 19.4 Å². The maximum absolute atomic E-state index is 12.7. The quantitative estimate of drug-likeness (QED) is 0.573. The Morgan fingerprint density at radius 1 is 1.03 bits per heavy atom. The normalized spacial score (nSPS) is 12.7. The molecule has 1 rings (SSSR count). The SMILES string of the molecule is COC(=O)C[C@H](NC(=O)C(C)(C)C#N)C(=O)N[C@@H](Cc1ccccc1)C(=O)OC. The summed E-state index contributed by atoms with van der Waals surface area (Å²) >= 11 is 0. The number of ether oxygens (including phenoxy) is 2. The molecule has 0 aliphatic heterocycles. The van der Waals surface area contributed by atoms with Gasteiger partial charge < -0.3 is 20.1 Å². The smallest absolute Gasteiger partial charge is 0.328 e. The van der Waals surface area contributed by atoms with Crippen molar-refractivity contribution < 1.29 is 28.7 Å². The number of nitrogens with one attached hydrogen (secondary N) is 2. The number of nitriles is 1. The van der Waals surface area contributed by atoms with Crippen molar-refractivity contribution in [1.82, 2.24) is 10.6 Å². The molecule has 9 nitrogen and oxygen atoms in total. The highest BCUT2D eigenvalue weighted by Gasteiger charge is 2.34. The van der Waals surface area contributed by atoms with Crippen molar-refractivity contribution in [2.75, 3.05) is 14.2 Å². The Balaban J connectivity index is 3.01. The fourth-order valence-corrected chi connectivity index (χ4v) is 2.31. The molecular formula is C20H25N3O6. The number of hydrogen-bond donors (Lipinski definition) is 2. The second-order valence-corrected chi connectivity index (χ2v) is 6.82. The number of hydrogen-bond acceptors (Lipinski definition) is 7. The van der Waals surface area contributed by atoms with Gasteiger partial charge in [0.1, 0.15) is 17.5 Å². The summed E-state index contributed by atoms with van der Waals surface area (Å²) in [5.41, 5.74) is -0.636. The fourth-order valence-electron chi connectivity index (χ4n) is 2.31. The molecule has 1 aromatic carbocycles. The van der Waals surface area contributed by atoms with E-state index in [1.54, 1.807) is 24.3 Å². The van der Waals surface area contributed by atoms with Crippen molar-refractivity contribution in [3.63, 3.8) is 0 Å². The molecule has 2 amide bonds. The molecule has 1 aromatic rings. The van der Waals surface area contributed by atoms with Crippen LogP contribution in [-0.4, -0.2) is 50.1 Å². The van der Waals surface area contributed by atoms with Crippen LogP contribution in [0.1, 0.15) is 25.8 Å². The van der Waals surface area contributed by atoms with Crippen LogP contribution in [0.15, 0.2) is 30.3 Å². The maximum Gasteiger partial charge on any atom is 0.328 e. The minimum absolute atomic E-state index is 0.155. The van der Waals surface area contributed by atoms with E-state index < -0.39 is 47.7 Å². The zero-order chi connectivity index (χ0) is 22.0. The summed E-state index contributed by atoms with van der Waals surface area (Å²) < 4.78 is 9.31. The number of benzene rings is 1. The maximum atomic E-state index is 12.7. The van der Waals surface area contributed by atoms with E-state index in [-0.39, 0.29) is 6.42 Å². The number of nitrogens with zero attached hydrogens (tertiary/aromatic N) is 1. The molecule has 0 fully saturated rings. The van der Waals surface area contributed by atoms with E-state index in [1.165, 1.54) is 21.0 Å². The lowest BCUT2D eigenvalue weighted by molar-refractivity contribution is -0.146. The van der Waals surface area contributed by atoms with Gasteiger partial charge in [-0.25, -0.2) is 4.79 Å². The van der Waals surface area contributed by atoms with Gasteiger partial charge in [-0.1, -0.05) is 30.3 Å². The highest BCUT2D eigenvalue weighted by atomic mass is 16.5. The first-order valence-electron chi connectivity index (χ1n) is 8.85. The third-order valence-corrected chi connectivity index (χ3v) is 4.15. The molecule has 29 heavy (non-hydrogen) atoms. The average Bonchev–Trinajstić information content (AvgIpc) is 2.72. The van der Waals surface area contributed by atoms with E-state index in [2.05, 4.69) is 15.4 Å². The molecule has 0 saturated carbocycles. The molecule has 0 unspecified atom stereocenters. The highest BCUT2D eigenvalue weighted by molar-refractivity contribution is 5.95. The lowest BCUT2D eigenvalue weighted by Crippen LogP contribution is -2.54. The molecule has 0 radical (unpaired) electrons. The minimum atomic E-state index is -1.42. The summed E-state index contributed by atoms with van der Waals surface area (Å²) in [6, 6.07) is 8.41. The molecule has 9 heteroatoms. The molecule has 0 aliphatic carbocycles. The van der Waals surface area contributed by atoms with Gasteiger partial charge in [0.25, 0.3) is 0 Å². The molecule has 2 N–H and O–H groups in total. The average molecular weight is 403 g/mol. The summed E-state index contributed by atoms with van der Waals surface area (Å²) in [5.74, 6) is -2.92. The Bertz CT molecular complexity index is 785. The van der Waals surface area contributed by atoms with Crippen LogP contribution in [-0.2, 0) is 35.1 Å². The largest absolute Gasteiger partial charge is 0.469 e. The van der Waals surface area contributed by atoms with Crippen LogP contribution >= 0.6 is 0 Å². The number of carbonyl (C=O) groups is 4. The Kier molecular flexibility index (Phi) is 8.80. The van der Waals surface area contributed by atoms with Gasteiger partial charge in [0.2, 0.25) is 11.8 Å². The number of carbonyl (C=O) groups excluding carboxylic acids is 4. The molecule has 0 bridgehead atoms. The van der Waals surface area contributed by atoms with Crippen molar-refractivity contribution >= 4 is 23.8 Å². The molecule has 0 aliphatic rings. The molecule has 0 heterocycles. The van der Waals surface area contributed by atoms with Gasteiger partial charge in [0.15, 0.2) is 0 Å². The van der Waals surface area contributed by atoms with Gasteiger partial charge in [-0.2, -0.15) is 5.26 Å². The van der Waals surface area contributed by atoms with Gasteiger partial charge >= 0.3 is 11.9 Å². The van der Waals surface area contributed by atoms with Crippen LogP contribution in [0.4, 0.5) is 0 Å². The van der Waals surface area contributed by atoms with E-state index in [0.29, 0.717) is 0 Å². The van der Waals surface area contributed by atoms with Crippen molar-refractivity contribution in [3.8, 4) is 6.07 Å². The van der Waals surface area contributed by atoms with Crippen molar-refractivity contribution in [1.29, 1.82) is 5.26 Å². The Morgan fingerprint density at radius 2 is 1.66 bits per heavy atom. The van der Waals surface area contributed by atoms with Crippen LogP contribution < -0.4 is 10.6 Å². The Labute approximate surface area is 169 Å². The standard InChI is InChI=1S/C20H25N3O6/c1-20(2,12-21)19(27)23-14(11-16(24)28-3)17(25)22-15(18(26)29-4)10-13-8-6-5-7-9-13/h5-9,14-15H,10-11H2,1-4H3,(H,22,25)(H,23,27)/t14-,15-/m0/s1. The molecule has 0 spiro atoms. The number of esters is 2. The van der Waals surface area contributed by atoms with Crippen LogP contribution in [0.2, 0.25) is 0 Å². The first-order chi connectivity index (χ1) is 13.6. The van der Waals surface area contributed by atoms with Gasteiger partial charge in [-0.15, -0.1) is 0 Å². The van der Waals surface area contributed by atoms with Crippen molar-refractivity contribution in [3.05, 3.63) is 35.9 Å². The summed E-state index contributed by atoms with van der Waals surface area (Å²) in [6.45, 7) is 2.75. The third kappa shape index (κ3) is 7.25. The lowest BCUT2D eigenvalue weighted by Gasteiger charge is -2.24. The zero-order valence-electron chi connectivity index (χ0n) is 16.9. The van der Waals surface area contributed by atoms with Gasteiger partial charge in [0, 0.05) is 6.42 Å². The predicted octanol–water partition coefficient (Wildman–Crippen LogP) is 0.485. The number of amides is 2. The number of methoxy groups -OCH3 is 2. The topological polar surface area (TPSA) is 135 Å². The van der Waals surface area contributed by atoms with Crippen LogP contribution in [0, 0.1) is 16.7 Å². The monoisotopic (exact) mass is 403 g/mol. The molecular weight excluding hydrogens is 378 g/mol. The van der Waals surface area contributed by atoms with E-state index in [4.69, 9.17) is 10.00 Å². The van der Waals surface area contributed by atoms with Crippen molar-refractivity contribution in [2.45, 2.75) is 38.8 Å². The second-order valence-electron chi connectivity index (χ2n) is 6.82. The summed E-state index contributed by atoms with van der Waals surface area (Å²) in [5, 5.41) is 14.0. The minimum Gasteiger partial charge on any atom is -0.469 e. The number of rotatable bonds is 9. The molecule has 0 saturated heterocycles. The zero-order valence-corrected chi connectivity index (χ0v) is 16.9. The third-order valence-electron chi connectivity index (χ3n) is 4.15. The van der Waals surface area contributed by atoms with Crippen LogP contribution in [0.3, 0.4) is 0 Å². The second kappa shape index (κ2) is 10.8. The van der Waals surface area contributed by atoms with E-state index in [0.717, 1.165) is 12.7 Å². The van der Waals surface area contributed by atoms with E-state index in [9.17, 15) is 19.2 Å². The summed E-state index contributed by atoms with van der Waals surface area (Å²) in [7, 11) is 2.33. The lowest BCUT2D eigenvalue weighted by atomic mass is 9.94. The van der Waals surface area contributed by atoms with E-state index >= 15 is 0 Å². The Hall–Kier alpha value is -3.41. The molecule has 2 atom stereocenters. The van der Waals surface area contributed by atoms with Crippen LogP contribution in [0.5, 0.6) is 0 Å².